The van der Waals surface area contributed by atoms with Crippen molar-refractivity contribution >= 4 is 5.97 Å². The summed E-state index contributed by atoms with van der Waals surface area (Å²) < 4.78 is 10.2. The first-order valence-corrected chi connectivity index (χ1v) is 4.73. The van der Waals surface area contributed by atoms with Gasteiger partial charge in [0.25, 0.3) is 0 Å². The lowest BCUT2D eigenvalue weighted by molar-refractivity contribution is -0.146. The molecule has 0 radical (unpaired) electrons. The molecular weight excluding hydrogens is 170 g/mol. The second kappa shape index (κ2) is 5.19. The summed E-state index contributed by atoms with van der Waals surface area (Å²) in [5.74, 6) is -0.262. The molecule has 0 amide bonds. The summed E-state index contributed by atoms with van der Waals surface area (Å²) in [6, 6.07) is 0.562. The minimum Gasteiger partial charge on any atom is -0.462 e. The summed E-state index contributed by atoms with van der Waals surface area (Å²) in [6.45, 7) is 4.26. The summed E-state index contributed by atoms with van der Waals surface area (Å²) in [5, 5.41) is 3.25. The average Bonchev–Trinajstić information content (AvgIpc) is 2.84. The molecular formula is C9H17NO3. The van der Waals surface area contributed by atoms with Gasteiger partial charge in [0.15, 0.2) is 0 Å². The third-order valence-electron chi connectivity index (χ3n) is 1.80. The van der Waals surface area contributed by atoms with Crippen molar-refractivity contribution in [1.29, 1.82) is 0 Å². The molecule has 0 heterocycles. The predicted molar refractivity (Wildman–Crippen MR) is 48.2 cm³/mol. The quantitative estimate of drug-likeness (QED) is 0.490. The molecule has 4 nitrogen and oxygen atoms in total. The molecule has 13 heavy (non-hydrogen) atoms. The molecule has 0 aliphatic heterocycles. The molecule has 1 N–H and O–H groups in total. The Morgan fingerprint density at radius 1 is 1.62 bits per heavy atom. The Bertz CT molecular complexity index is 168. The van der Waals surface area contributed by atoms with E-state index in [1.54, 1.807) is 0 Å². The molecule has 1 fully saturated rings. The number of hydrogen-bond acceptors (Lipinski definition) is 4. The van der Waals surface area contributed by atoms with Crippen LogP contribution in [0.4, 0.5) is 0 Å². The highest BCUT2D eigenvalue weighted by molar-refractivity contribution is 5.65. The maximum Gasteiger partial charge on any atom is 0.302 e. The van der Waals surface area contributed by atoms with Gasteiger partial charge < -0.3 is 9.47 Å². The molecule has 0 aromatic carbocycles. The monoisotopic (exact) mass is 187 g/mol. The van der Waals surface area contributed by atoms with Gasteiger partial charge in [-0.1, -0.05) is 0 Å². The van der Waals surface area contributed by atoms with E-state index in [4.69, 9.17) is 9.47 Å². The minimum atomic E-state index is -0.262. The second-order valence-electron chi connectivity index (χ2n) is 3.19. The van der Waals surface area contributed by atoms with E-state index in [-0.39, 0.29) is 12.2 Å². The van der Waals surface area contributed by atoms with Crippen LogP contribution in [0.3, 0.4) is 0 Å². The molecule has 0 bridgehead atoms. The molecule has 76 valence electrons. The van der Waals surface area contributed by atoms with E-state index in [1.807, 2.05) is 6.92 Å². The first kappa shape index (κ1) is 10.5. The topological polar surface area (TPSA) is 47.6 Å². The van der Waals surface area contributed by atoms with E-state index in [1.165, 1.54) is 19.8 Å². The Labute approximate surface area is 78.6 Å². The Hall–Kier alpha value is -0.610. The average molecular weight is 187 g/mol. The summed E-state index contributed by atoms with van der Waals surface area (Å²) in [7, 11) is 0. The summed E-state index contributed by atoms with van der Waals surface area (Å²) in [4.78, 5) is 10.5. The molecule has 0 aromatic heterocycles. The van der Waals surface area contributed by atoms with Gasteiger partial charge in [0.1, 0.15) is 12.8 Å². The Morgan fingerprint density at radius 3 is 2.77 bits per heavy atom. The molecule has 0 saturated heterocycles. The van der Waals surface area contributed by atoms with Crippen LogP contribution < -0.4 is 5.32 Å². The third kappa shape index (κ3) is 4.85. The standard InChI is InChI=1S/C9H17NO3/c1-3-12-9(6-13-7(2)11)10-8-4-5-8/h8-10H,3-6H2,1-2H3. The minimum absolute atomic E-state index is 0.138. The fourth-order valence-electron chi connectivity index (χ4n) is 1.05. The number of nitrogens with one attached hydrogen (secondary N) is 1. The van der Waals surface area contributed by atoms with Gasteiger partial charge in [-0.3, -0.25) is 10.1 Å². The zero-order valence-corrected chi connectivity index (χ0v) is 8.21. The van der Waals surface area contributed by atoms with Gasteiger partial charge in [-0.25, -0.2) is 0 Å². The Balaban J connectivity index is 2.15. The number of carbonyl (C=O) groups excluding carboxylic acids is 1. The van der Waals surface area contributed by atoms with E-state index in [0.717, 1.165) is 0 Å². The summed E-state index contributed by atoms with van der Waals surface area (Å²) in [6.07, 6.45) is 2.26. The molecule has 1 atom stereocenters. The van der Waals surface area contributed by atoms with E-state index in [2.05, 4.69) is 5.32 Å². The zero-order valence-electron chi connectivity index (χ0n) is 8.21. The molecule has 4 heteroatoms. The fraction of sp³-hybridized carbons (Fsp3) is 0.889. The zero-order chi connectivity index (χ0) is 9.68. The highest BCUT2D eigenvalue weighted by Gasteiger charge is 2.25. The number of ether oxygens (including phenoxy) is 2. The first-order chi connectivity index (χ1) is 6.22. The lowest BCUT2D eigenvalue weighted by Gasteiger charge is -2.17. The predicted octanol–water partition coefficient (Wildman–Crippen LogP) is 0.664. The van der Waals surface area contributed by atoms with E-state index in [0.29, 0.717) is 19.3 Å². The van der Waals surface area contributed by atoms with Crippen molar-refractivity contribution in [2.45, 2.75) is 39.0 Å². The number of carbonyl (C=O) groups is 1. The molecule has 1 aliphatic rings. The second-order valence-corrected chi connectivity index (χ2v) is 3.19. The van der Waals surface area contributed by atoms with Crippen molar-refractivity contribution in [2.24, 2.45) is 0 Å². The van der Waals surface area contributed by atoms with Gasteiger partial charge in [0.05, 0.1) is 0 Å². The van der Waals surface area contributed by atoms with E-state index >= 15 is 0 Å². The van der Waals surface area contributed by atoms with Crippen LogP contribution in [-0.2, 0) is 14.3 Å². The van der Waals surface area contributed by atoms with Crippen molar-refractivity contribution in [3.8, 4) is 0 Å². The van der Waals surface area contributed by atoms with Crippen molar-refractivity contribution < 1.29 is 14.3 Å². The highest BCUT2D eigenvalue weighted by atomic mass is 16.6. The van der Waals surface area contributed by atoms with Crippen LogP contribution in [0.2, 0.25) is 0 Å². The SMILES string of the molecule is CCOC(COC(C)=O)NC1CC1. The van der Waals surface area contributed by atoms with Crippen LogP contribution >= 0.6 is 0 Å². The lowest BCUT2D eigenvalue weighted by atomic mass is 10.5. The molecule has 0 aromatic rings. The molecule has 1 rings (SSSR count). The normalized spacial score (nSPS) is 18.3. The fourth-order valence-corrected chi connectivity index (χ4v) is 1.05. The highest BCUT2D eigenvalue weighted by Crippen LogP contribution is 2.19. The van der Waals surface area contributed by atoms with Gasteiger partial charge in [0.2, 0.25) is 0 Å². The van der Waals surface area contributed by atoms with Gasteiger partial charge in [-0.15, -0.1) is 0 Å². The van der Waals surface area contributed by atoms with Crippen molar-refractivity contribution in [2.75, 3.05) is 13.2 Å². The van der Waals surface area contributed by atoms with Crippen LogP contribution in [0.1, 0.15) is 26.7 Å². The smallest absolute Gasteiger partial charge is 0.302 e. The molecule has 1 aliphatic carbocycles. The maximum absolute atomic E-state index is 10.5. The number of esters is 1. The largest absolute Gasteiger partial charge is 0.462 e. The number of rotatable bonds is 6. The van der Waals surface area contributed by atoms with Crippen LogP contribution in [0.25, 0.3) is 0 Å². The van der Waals surface area contributed by atoms with Crippen molar-refractivity contribution in [3.05, 3.63) is 0 Å². The molecule has 1 saturated carbocycles. The molecule has 1 unspecified atom stereocenters. The van der Waals surface area contributed by atoms with E-state index < -0.39 is 0 Å². The Morgan fingerprint density at radius 2 is 2.31 bits per heavy atom. The molecule has 0 spiro atoms. The van der Waals surface area contributed by atoms with Gasteiger partial charge in [-0.05, 0) is 19.8 Å². The van der Waals surface area contributed by atoms with Gasteiger partial charge in [0, 0.05) is 19.6 Å². The van der Waals surface area contributed by atoms with Crippen LogP contribution in [0.5, 0.6) is 0 Å². The number of hydrogen-bond donors (Lipinski definition) is 1. The first-order valence-electron chi connectivity index (χ1n) is 4.73. The summed E-state index contributed by atoms with van der Waals surface area (Å²) in [5.41, 5.74) is 0. The summed E-state index contributed by atoms with van der Waals surface area (Å²) >= 11 is 0. The Kier molecular flexibility index (Phi) is 4.18. The van der Waals surface area contributed by atoms with Crippen LogP contribution in [0, 0.1) is 0 Å². The van der Waals surface area contributed by atoms with Gasteiger partial charge >= 0.3 is 5.97 Å². The van der Waals surface area contributed by atoms with Crippen molar-refractivity contribution in [3.63, 3.8) is 0 Å². The third-order valence-corrected chi connectivity index (χ3v) is 1.80. The maximum atomic E-state index is 10.5. The van der Waals surface area contributed by atoms with Crippen LogP contribution in [0.15, 0.2) is 0 Å². The van der Waals surface area contributed by atoms with Crippen LogP contribution in [-0.4, -0.2) is 31.5 Å². The lowest BCUT2D eigenvalue weighted by Crippen LogP contribution is -2.38. The van der Waals surface area contributed by atoms with Gasteiger partial charge in [-0.2, -0.15) is 0 Å². The van der Waals surface area contributed by atoms with E-state index in [9.17, 15) is 4.79 Å². The van der Waals surface area contributed by atoms with Crippen molar-refractivity contribution in [1.82, 2.24) is 5.32 Å².